The molecule has 1 aliphatic heterocycles. The van der Waals surface area contributed by atoms with Crippen molar-refractivity contribution in [2.75, 3.05) is 26.2 Å². The van der Waals surface area contributed by atoms with E-state index in [2.05, 4.69) is 29.2 Å². The summed E-state index contributed by atoms with van der Waals surface area (Å²) in [7, 11) is 0. The van der Waals surface area contributed by atoms with Gasteiger partial charge in [-0.25, -0.2) is 8.78 Å². The van der Waals surface area contributed by atoms with Gasteiger partial charge in [-0.1, -0.05) is 54.6 Å². The predicted octanol–water partition coefficient (Wildman–Crippen LogP) is 6.61. The number of hydrogen-bond acceptors (Lipinski definition) is 2. The van der Waals surface area contributed by atoms with Crippen LogP contribution in [-0.2, 0) is 0 Å². The van der Waals surface area contributed by atoms with Crippen LogP contribution in [0.15, 0.2) is 91.0 Å². The van der Waals surface area contributed by atoms with Crippen molar-refractivity contribution >= 4 is 10.8 Å². The van der Waals surface area contributed by atoms with Crippen molar-refractivity contribution in [3.8, 4) is 5.75 Å². The van der Waals surface area contributed by atoms with E-state index in [1.54, 1.807) is 0 Å². The first-order valence-corrected chi connectivity index (χ1v) is 12.5. The first-order valence-electron chi connectivity index (χ1n) is 12.5. The molecular weight excluding hydrogens is 456 g/mol. The van der Waals surface area contributed by atoms with E-state index in [1.807, 2.05) is 42.5 Å². The van der Waals surface area contributed by atoms with Crippen LogP contribution in [0, 0.1) is 17.6 Å². The lowest BCUT2D eigenvalue weighted by atomic mass is 9.76. The number of likely N-dealkylation sites (tertiary alicyclic amines) is 1. The van der Waals surface area contributed by atoms with Gasteiger partial charge in [0.25, 0.3) is 0 Å². The summed E-state index contributed by atoms with van der Waals surface area (Å²) in [5.74, 6) is 1.05. The molecule has 0 saturated carbocycles. The zero-order valence-electron chi connectivity index (χ0n) is 20.4. The topological polar surface area (TPSA) is 44.0 Å². The number of ether oxygens (including phenoxy) is 1. The van der Waals surface area contributed by atoms with Gasteiger partial charge in [-0.15, -0.1) is 0 Å². The summed E-state index contributed by atoms with van der Waals surface area (Å²) in [5, 5.41) is 2.42. The summed E-state index contributed by atoms with van der Waals surface area (Å²) >= 11 is 0. The smallest absolute Gasteiger partial charge is 0.123 e. The molecule has 1 heterocycles. The molecule has 2 N–H and O–H groups in total. The third kappa shape index (κ3) is 6.28. The SMILES string of the molecule is Fc1ccc(C(c2ccc(F)cc2)C2CCN(CCCOc3ccc4ccccc4c3)CC2)cc1.O. The maximum absolute atomic E-state index is 13.6. The van der Waals surface area contributed by atoms with E-state index in [0.717, 1.165) is 55.8 Å². The minimum absolute atomic E-state index is 0. The average molecular weight is 490 g/mol. The molecule has 188 valence electrons. The van der Waals surface area contributed by atoms with Gasteiger partial charge in [0.05, 0.1) is 6.61 Å². The van der Waals surface area contributed by atoms with E-state index in [1.165, 1.54) is 35.0 Å². The molecule has 0 bridgehead atoms. The highest BCUT2D eigenvalue weighted by molar-refractivity contribution is 5.83. The largest absolute Gasteiger partial charge is 0.494 e. The summed E-state index contributed by atoms with van der Waals surface area (Å²) in [6.07, 6.45) is 3.10. The molecule has 0 aliphatic carbocycles. The van der Waals surface area contributed by atoms with E-state index in [0.29, 0.717) is 12.5 Å². The van der Waals surface area contributed by atoms with Gasteiger partial charge in [-0.05, 0) is 96.6 Å². The van der Waals surface area contributed by atoms with Crippen LogP contribution in [0.3, 0.4) is 0 Å². The molecular formula is C31H33F2NO2. The van der Waals surface area contributed by atoms with Gasteiger partial charge in [-0.2, -0.15) is 0 Å². The van der Waals surface area contributed by atoms with Crippen molar-refractivity contribution in [1.29, 1.82) is 0 Å². The molecule has 0 amide bonds. The van der Waals surface area contributed by atoms with Crippen LogP contribution >= 0.6 is 0 Å². The van der Waals surface area contributed by atoms with E-state index in [9.17, 15) is 8.78 Å². The molecule has 4 aromatic rings. The molecule has 0 unspecified atom stereocenters. The van der Waals surface area contributed by atoms with Gasteiger partial charge in [0.15, 0.2) is 0 Å². The Hall–Kier alpha value is -3.28. The highest BCUT2D eigenvalue weighted by atomic mass is 19.1. The van der Waals surface area contributed by atoms with Crippen LogP contribution in [0.25, 0.3) is 10.8 Å². The Morgan fingerprint density at radius 3 is 1.94 bits per heavy atom. The summed E-state index contributed by atoms with van der Waals surface area (Å²) in [6.45, 7) is 3.77. The number of hydrogen-bond donors (Lipinski definition) is 0. The maximum Gasteiger partial charge on any atom is 0.123 e. The number of rotatable bonds is 8. The van der Waals surface area contributed by atoms with Crippen LogP contribution < -0.4 is 4.74 Å². The van der Waals surface area contributed by atoms with E-state index in [-0.39, 0.29) is 23.0 Å². The molecule has 4 aromatic carbocycles. The van der Waals surface area contributed by atoms with E-state index in [4.69, 9.17) is 4.74 Å². The monoisotopic (exact) mass is 489 g/mol. The van der Waals surface area contributed by atoms with Gasteiger partial charge < -0.3 is 15.1 Å². The fourth-order valence-electron chi connectivity index (χ4n) is 5.32. The molecule has 3 nitrogen and oxygen atoms in total. The van der Waals surface area contributed by atoms with Gasteiger partial charge in [0.2, 0.25) is 0 Å². The van der Waals surface area contributed by atoms with Crippen molar-refractivity contribution in [3.63, 3.8) is 0 Å². The molecule has 0 radical (unpaired) electrons. The highest BCUT2D eigenvalue weighted by Crippen LogP contribution is 2.38. The zero-order valence-corrected chi connectivity index (χ0v) is 20.4. The Balaban J connectivity index is 0.00000304. The second-order valence-electron chi connectivity index (χ2n) is 9.47. The van der Waals surface area contributed by atoms with Gasteiger partial charge >= 0.3 is 0 Å². The summed E-state index contributed by atoms with van der Waals surface area (Å²) < 4.78 is 33.1. The maximum atomic E-state index is 13.6. The second-order valence-corrected chi connectivity index (χ2v) is 9.47. The van der Waals surface area contributed by atoms with Gasteiger partial charge in [-0.3, -0.25) is 0 Å². The zero-order chi connectivity index (χ0) is 24.0. The molecule has 0 aromatic heterocycles. The standard InChI is InChI=1S/C31H31F2NO.H2O/c32-28-11-6-24(7-12-28)31(25-8-13-29(33)14-9-25)26-16-19-34(20-17-26)18-3-21-35-30-15-10-23-4-1-2-5-27(23)22-30;/h1-2,4-15,22,26,31H,3,16-21H2;1H2. The normalized spacial score (nSPS) is 14.6. The third-order valence-corrected chi connectivity index (χ3v) is 7.17. The quantitative estimate of drug-likeness (QED) is 0.262. The highest BCUT2D eigenvalue weighted by Gasteiger charge is 2.29. The number of piperidine rings is 1. The number of nitrogens with zero attached hydrogens (tertiary/aromatic N) is 1. The lowest BCUT2D eigenvalue weighted by Gasteiger charge is -2.36. The van der Waals surface area contributed by atoms with Crippen LogP contribution in [0.1, 0.15) is 36.3 Å². The molecule has 0 atom stereocenters. The lowest BCUT2D eigenvalue weighted by molar-refractivity contribution is 0.163. The predicted molar refractivity (Wildman–Crippen MR) is 141 cm³/mol. The van der Waals surface area contributed by atoms with Crippen LogP contribution in [-0.4, -0.2) is 36.6 Å². The Kier molecular flexibility index (Phi) is 8.68. The Morgan fingerprint density at radius 1 is 0.750 bits per heavy atom. The number of fused-ring (bicyclic) bond motifs is 1. The van der Waals surface area contributed by atoms with Crippen LogP contribution in [0.2, 0.25) is 0 Å². The molecule has 0 spiro atoms. The molecule has 5 rings (SSSR count). The van der Waals surface area contributed by atoms with E-state index >= 15 is 0 Å². The number of benzene rings is 4. The summed E-state index contributed by atoms with van der Waals surface area (Å²) in [6, 6.07) is 28.2. The first kappa shape index (κ1) is 25.8. The molecule has 1 saturated heterocycles. The fourth-order valence-corrected chi connectivity index (χ4v) is 5.32. The van der Waals surface area contributed by atoms with Crippen LogP contribution in [0.5, 0.6) is 5.75 Å². The number of halogens is 2. The fraction of sp³-hybridized carbons (Fsp3) is 0.290. The second kappa shape index (κ2) is 12.1. The van der Waals surface area contributed by atoms with Crippen LogP contribution in [0.4, 0.5) is 8.78 Å². The summed E-state index contributed by atoms with van der Waals surface area (Å²) in [4.78, 5) is 2.51. The van der Waals surface area contributed by atoms with Gasteiger partial charge in [0.1, 0.15) is 17.4 Å². The van der Waals surface area contributed by atoms with Crippen molar-refractivity contribution in [2.24, 2.45) is 5.92 Å². The average Bonchev–Trinajstić information content (AvgIpc) is 2.90. The Morgan fingerprint density at radius 2 is 1.33 bits per heavy atom. The minimum Gasteiger partial charge on any atom is -0.494 e. The summed E-state index contributed by atoms with van der Waals surface area (Å²) in [5.41, 5.74) is 2.19. The molecule has 1 fully saturated rings. The Labute approximate surface area is 211 Å². The van der Waals surface area contributed by atoms with E-state index < -0.39 is 0 Å². The van der Waals surface area contributed by atoms with Gasteiger partial charge in [0, 0.05) is 12.5 Å². The van der Waals surface area contributed by atoms with Crippen molar-refractivity contribution in [1.82, 2.24) is 4.90 Å². The molecule has 36 heavy (non-hydrogen) atoms. The minimum atomic E-state index is -0.229. The third-order valence-electron chi connectivity index (χ3n) is 7.17. The Bertz CT molecular complexity index is 1190. The molecule has 5 heteroatoms. The lowest BCUT2D eigenvalue weighted by Crippen LogP contribution is -2.36. The van der Waals surface area contributed by atoms with Crippen molar-refractivity contribution in [3.05, 3.63) is 114 Å². The molecule has 1 aliphatic rings. The first-order chi connectivity index (χ1) is 17.2. The van der Waals surface area contributed by atoms with Crippen molar-refractivity contribution < 1.29 is 19.0 Å². The van der Waals surface area contributed by atoms with Crippen molar-refractivity contribution in [2.45, 2.75) is 25.2 Å².